The first-order valence-corrected chi connectivity index (χ1v) is 2.41. The summed E-state index contributed by atoms with van der Waals surface area (Å²) in [6.45, 7) is 4.48. The minimum atomic E-state index is 0. The number of halogens is 1. The molecular weight excluding hydrogens is 110 g/mol. The van der Waals surface area contributed by atoms with Gasteiger partial charge in [-0.15, -0.1) is 12.4 Å². The Bertz CT molecular complexity index is 20.0. The van der Waals surface area contributed by atoms with Gasteiger partial charge in [0.2, 0.25) is 0 Å². The fourth-order valence-electron chi connectivity index (χ4n) is 0.321. The van der Waals surface area contributed by atoms with Gasteiger partial charge in [0.1, 0.15) is 0 Å². The average Bonchev–Trinajstić information content (AvgIpc) is 1.61. The Morgan fingerprint density at radius 1 is 1.29 bits per heavy atom. The molecule has 2 heteroatoms. The largest absolute Gasteiger partial charge is 0.330 e. The lowest BCUT2D eigenvalue weighted by atomic mass is 10.3. The molecule has 7 heavy (non-hydrogen) atoms. The molecule has 1 radical (unpaired) electrons. The Hall–Kier alpha value is 0.250. The molecule has 0 heterocycles. The molecule has 0 atom stereocenters. The summed E-state index contributed by atoms with van der Waals surface area (Å²) in [5.41, 5.74) is 5.19. The fraction of sp³-hybridized carbons (Fsp3) is 0.800. The maximum absolute atomic E-state index is 5.19. The highest BCUT2D eigenvalue weighted by molar-refractivity contribution is 5.85. The molecule has 1 nitrogen and oxygen atoms in total. The monoisotopic (exact) mass is 122 g/mol. The van der Waals surface area contributed by atoms with Crippen LogP contribution in [-0.2, 0) is 0 Å². The summed E-state index contributed by atoms with van der Waals surface area (Å²) >= 11 is 0. The lowest BCUT2D eigenvalue weighted by Gasteiger charge is -1.86. The summed E-state index contributed by atoms with van der Waals surface area (Å²) in [6.07, 6.45) is 3.33. The van der Waals surface area contributed by atoms with Crippen molar-refractivity contribution in [1.29, 1.82) is 0 Å². The van der Waals surface area contributed by atoms with E-state index in [0.717, 1.165) is 19.4 Å². The van der Waals surface area contributed by atoms with E-state index >= 15 is 0 Å². The van der Waals surface area contributed by atoms with Crippen molar-refractivity contribution in [2.75, 3.05) is 6.54 Å². The Kier molecular flexibility index (Phi) is 14.0. The molecule has 0 rings (SSSR count). The van der Waals surface area contributed by atoms with E-state index in [4.69, 9.17) is 5.73 Å². The van der Waals surface area contributed by atoms with E-state index in [2.05, 4.69) is 6.92 Å². The van der Waals surface area contributed by atoms with Crippen molar-refractivity contribution in [3.63, 3.8) is 0 Å². The van der Waals surface area contributed by atoms with Crippen molar-refractivity contribution in [3.05, 3.63) is 6.92 Å². The second-order valence-corrected chi connectivity index (χ2v) is 1.35. The predicted octanol–water partition coefficient (Wildman–Crippen LogP) is 1.37. The lowest BCUT2D eigenvalue weighted by Crippen LogP contribution is -1.96. The summed E-state index contributed by atoms with van der Waals surface area (Å²) in [4.78, 5) is 0. The van der Waals surface area contributed by atoms with Gasteiger partial charge in [0.15, 0.2) is 0 Å². The maximum Gasteiger partial charge on any atom is -0.00773 e. The van der Waals surface area contributed by atoms with Gasteiger partial charge in [-0.25, -0.2) is 0 Å². The number of nitrogens with two attached hydrogens (primary N) is 1. The topological polar surface area (TPSA) is 26.0 Å². The van der Waals surface area contributed by atoms with Crippen LogP contribution in [0.2, 0.25) is 0 Å². The van der Waals surface area contributed by atoms with Crippen LogP contribution in [0.25, 0.3) is 0 Å². The van der Waals surface area contributed by atoms with Gasteiger partial charge >= 0.3 is 0 Å². The van der Waals surface area contributed by atoms with Crippen molar-refractivity contribution in [3.8, 4) is 0 Å². The first-order valence-electron chi connectivity index (χ1n) is 2.41. The number of hydrogen-bond donors (Lipinski definition) is 1. The van der Waals surface area contributed by atoms with Crippen LogP contribution in [0.1, 0.15) is 19.3 Å². The summed E-state index contributed by atoms with van der Waals surface area (Å²) < 4.78 is 0. The highest BCUT2D eigenvalue weighted by Gasteiger charge is 1.75. The standard InChI is InChI=1S/C5H12N.ClH/c1-2-3-4-5-6;/h1-6H2;1H. The van der Waals surface area contributed by atoms with Crippen molar-refractivity contribution in [2.45, 2.75) is 19.3 Å². The third-order valence-corrected chi connectivity index (χ3v) is 0.704. The number of unbranched alkanes of at least 4 members (excludes halogenated alkanes) is 2. The SMILES string of the molecule is Cl.[CH2]CCCCN. The lowest BCUT2D eigenvalue weighted by molar-refractivity contribution is 0.757. The highest BCUT2D eigenvalue weighted by atomic mass is 35.5. The molecular formula is C5H13ClN. The maximum atomic E-state index is 5.19. The zero-order valence-corrected chi connectivity index (χ0v) is 5.34. The van der Waals surface area contributed by atoms with Crippen LogP contribution in [0.4, 0.5) is 0 Å². The smallest absolute Gasteiger partial charge is 0.00773 e. The Balaban J connectivity index is 0. The third-order valence-electron chi connectivity index (χ3n) is 0.704. The van der Waals surface area contributed by atoms with E-state index in [0.29, 0.717) is 0 Å². The molecule has 0 aromatic heterocycles. The molecule has 0 fully saturated rings. The van der Waals surface area contributed by atoms with Crippen LogP contribution in [0.5, 0.6) is 0 Å². The van der Waals surface area contributed by atoms with Crippen molar-refractivity contribution >= 4 is 12.4 Å². The molecule has 0 unspecified atom stereocenters. The molecule has 0 saturated carbocycles. The number of rotatable bonds is 3. The average molecular weight is 123 g/mol. The van der Waals surface area contributed by atoms with Crippen molar-refractivity contribution in [1.82, 2.24) is 0 Å². The molecule has 0 aliphatic carbocycles. The third kappa shape index (κ3) is 10.7. The summed E-state index contributed by atoms with van der Waals surface area (Å²) in [5.74, 6) is 0. The molecule has 0 aromatic rings. The zero-order valence-electron chi connectivity index (χ0n) is 4.52. The van der Waals surface area contributed by atoms with Gasteiger partial charge < -0.3 is 5.73 Å². The minimum absolute atomic E-state index is 0. The summed E-state index contributed by atoms with van der Waals surface area (Å²) in [6, 6.07) is 0. The van der Waals surface area contributed by atoms with Crippen molar-refractivity contribution in [2.24, 2.45) is 5.73 Å². The summed E-state index contributed by atoms with van der Waals surface area (Å²) in [7, 11) is 0. The van der Waals surface area contributed by atoms with E-state index in [1.165, 1.54) is 6.42 Å². The zero-order chi connectivity index (χ0) is 4.83. The van der Waals surface area contributed by atoms with E-state index in [1.54, 1.807) is 0 Å². The van der Waals surface area contributed by atoms with Gasteiger partial charge in [0, 0.05) is 0 Å². The predicted molar refractivity (Wildman–Crippen MR) is 35.5 cm³/mol. The van der Waals surface area contributed by atoms with E-state index in [1.807, 2.05) is 0 Å². The minimum Gasteiger partial charge on any atom is -0.330 e. The Morgan fingerprint density at radius 2 is 1.86 bits per heavy atom. The van der Waals surface area contributed by atoms with E-state index in [9.17, 15) is 0 Å². The summed E-state index contributed by atoms with van der Waals surface area (Å²) in [5, 5.41) is 0. The highest BCUT2D eigenvalue weighted by Crippen LogP contribution is 1.87. The van der Waals surface area contributed by atoms with Gasteiger partial charge in [-0.3, -0.25) is 0 Å². The van der Waals surface area contributed by atoms with Crippen LogP contribution in [-0.4, -0.2) is 6.54 Å². The van der Waals surface area contributed by atoms with Gasteiger partial charge in [0.25, 0.3) is 0 Å². The first kappa shape index (κ1) is 10.3. The Morgan fingerprint density at radius 3 is 2.00 bits per heavy atom. The van der Waals surface area contributed by atoms with Crippen LogP contribution in [0.15, 0.2) is 0 Å². The van der Waals surface area contributed by atoms with Crippen LogP contribution in [0.3, 0.4) is 0 Å². The molecule has 0 amide bonds. The Labute approximate surface area is 51.7 Å². The first-order chi connectivity index (χ1) is 2.91. The van der Waals surface area contributed by atoms with Gasteiger partial charge in [0.05, 0.1) is 0 Å². The molecule has 0 bridgehead atoms. The molecule has 2 N–H and O–H groups in total. The second kappa shape index (κ2) is 9.54. The van der Waals surface area contributed by atoms with Gasteiger partial charge in [-0.2, -0.15) is 0 Å². The van der Waals surface area contributed by atoms with Crippen LogP contribution < -0.4 is 5.73 Å². The van der Waals surface area contributed by atoms with Gasteiger partial charge in [-0.05, 0) is 13.0 Å². The molecule has 0 saturated heterocycles. The van der Waals surface area contributed by atoms with Crippen molar-refractivity contribution < 1.29 is 0 Å². The number of hydrogen-bond acceptors (Lipinski definition) is 1. The molecule has 0 spiro atoms. The van der Waals surface area contributed by atoms with E-state index < -0.39 is 0 Å². The van der Waals surface area contributed by atoms with Gasteiger partial charge in [-0.1, -0.05) is 19.8 Å². The molecule has 0 aliphatic rings. The normalized spacial score (nSPS) is 7.71. The molecule has 45 valence electrons. The fourth-order valence-corrected chi connectivity index (χ4v) is 0.321. The van der Waals surface area contributed by atoms with Crippen LogP contribution in [0, 0.1) is 6.92 Å². The quantitative estimate of drug-likeness (QED) is 0.563. The second-order valence-electron chi connectivity index (χ2n) is 1.35. The molecule has 0 aliphatic heterocycles. The van der Waals surface area contributed by atoms with E-state index in [-0.39, 0.29) is 12.4 Å². The molecule has 0 aromatic carbocycles. The van der Waals surface area contributed by atoms with Crippen LogP contribution >= 0.6 is 12.4 Å².